The normalized spacial score (nSPS) is 37.6. The van der Waals surface area contributed by atoms with Gasteiger partial charge >= 0.3 is 0 Å². The van der Waals surface area contributed by atoms with Crippen molar-refractivity contribution in [2.24, 2.45) is 5.73 Å². The van der Waals surface area contributed by atoms with Crippen LogP contribution in [-0.4, -0.2) is 42.4 Å². The Morgan fingerprint density at radius 3 is 2.93 bits per heavy atom. The number of rotatable bonds is 3. The van der Waals surface area contributed by atoms with E-state index in [1.807, 2.05) is 13.8 Å². The van der Waals surface area contributed by atoms with Crippen LogP contribution in [0.4, 0.5) is 0 Å². The van der Waals surface area contributed by atoms with E-state index in [4.69, 9.17) is 25.1 Å². The Balaban J connectivity index is 2.05. The molecule has 15 heavy (non-hydrogen) atoms. The van der Waals surface area contributed by atoms with E-state index in [-0.39, 0.29) is 31.5 Å². The Morgan fingerprint density at radius 2 is 2.27 bits per heavy atom. The lowest BCUT2D eigenvalue weighted by molar-refractivity contribution is -0.149. The number of ether oxygens (including phenoxy) is 3. The molecule has 1 aliphatic heterocycles. The van der Waals surface area contributed by atoms with Gasteiger partial charge in [0.15, 0.2) is 5.79 Å². The smallest absolute Gasteiger partial charge is 0.164 e. The largest absolute Gasteiger partial charge is 0.493 e. The van der Waals surface area contributed by atoms with Crippen molar-refractivity contribution in [3.63, 3.8) is 0 Å². The van der Waals surface area contributed by atoms with Gasteiger partial charge < -0.3 is 25.1 Å². The van der Waals surface area contributed by atoms with E-state index in [0.717, 1.165) is 0 Å². The third kappa shape index (κ3) is 2.01. The molecule has 0 aromatic rings. The monoisotopic (exact) mass is 215 g/mol. The summed E-state index contributed by atoms with van der Waals surface area (Å²) in [5, 5.41) is 8.68. The number of hydrogen-bond acceptors (Lipinski definition) is 5. The molecule has 1 fully saturated rings. The SMILES string of the molecule is CC1(C)O[C@H]2[C@H](N)C=C(OCCO)[C@@H]2O1. The Bertz CT molecular complexity index is 277. The van der Waals surface area contributed by atoms with Gasteiger partial charge in [-0.15, -0.1) is 0 Å². The minimum absolute atomic E-state index is 0.0196. The number of aliphatic hydroxyl groups is 1. The summed E-state index contributed by atoms with van der Waals surface area (Å²) in [5.41, 5.74) is 5.88. The second-order valence-corrected chi connectivity index (χ2v) is 4.24. The molecular formula is C10H17NO4. The van der Waals surface area contributed by atoms with Gasteiger partial charge in [0.05, 0.1) is 12.6 Å². The summed E-state index contributed by atoms with van der Waals surface area (Å²) in [5.74, 6) is 0.0572. The summed E-state index contributed by atoms with van der Waals surface area (Å²) < 4.78 is 16.7. The standard InChI is InChI=1S/C10H17NO4/c1-10(2)14-8-6(11)5-7(9(8)15-10)13-4-3-12/h5-6,8-9,12H,3-4,11H2,1-2H3/t6-,8+,9+/m1/s1. The van der Waals surface area contributed by atoms with Gasteiger partial charge in [-0.25, -0.2) is 0 Å². The minimum atomic E-state index is -0.616. The predicted octanol–water partition coefficient (Wildman–Crippen LogP) is -0.260. The summed E-state index contributed by atoms with van der Waals surface area (Å²) in [4.78, 5) is 0. The highest BCUT2D eigenvalue weighted by molar-refractivity contribution is 5.21. The van der Waals surface area contributed by atoms with Crippen LogP contribution in [0.5, 0.6) is 0 Å². The van der Waals surface area contributed by atoms with Gasteiger partial charge in [0.2, 0.25) is 0 Å². The van der Waals surface area contributed by atoms with Crippen LogP contribution in [0, 0.1) is 0 Å². The highest BCUT2D eigenvalue weighted by Crippen LogP contribution is 2.37. The van der Waals surface area contributed by atoms with Crippen molar-refractivity contribution in [2.45, 2.75) is 37.9 Å². The van der Waals surface area contributed by atoms with Crippen molar-refractivity contribution in [2.75, 3.05) is 13.2 Å². The zero-order valence-electron chi connectivity index (χ0n) is 8.97. The summed E-state index contributed by atoms with van der Waals surface area (Å²) in [6, 6.07) is -0.203. The molecule has 0 amide bonds. The van der Waals surface area contributed by atoms with Gasteiger partial charge in [-0.05, 0) is 19.9 Å². The summed E-state index contributed by atoms with van der Waals surface area (Å²) in [6.45, 7) is 3.93. The van der Waals surface area contributed by atoms with E-state index in [0.29, 0.717) is 5.76 Å². The minimum Gasteiger partial charge on any atom is -0.493 e. The zero-order chi connectivity index (χ0) is 11.1. The summed E-state index contributed by atoms with van der Waals surface area (Å²) in [7, 11) is 0. The van der Waals surface area contributed by atoms with Gasteiger partial charge in [-0.2, -0.15) is 0 Å². The first-order valence-electron chi connectivity index (χ1n) is 5.10. The van der Waals surface area contributed by atoms with Gasteiger partial charge in [-0.3, -0.25) is 0 Å². The number of fused-ring (bicyclic) bond motifs is 1. The van der Waals surface area contributed by atoms with Crippen molar-refractivity contribution in [3.05, 3.63) is 11.8 Å². The second kappa shape index (κ2) is 3.75. The molecule has 0 aromatic carbocycles. The molecule has 0 saturated carbocycles. The summed E-state index contributed by atoms with van der Waals surface area (Å²) in [6.07, 6.45) is 1.38. The average Bonchev–Trinajstić information content (AvgIpc) is 2.60. The van der Waals surface area contributed by atoms with E-state index < -0.39 is 5.79 Å². The zero-order valence-corrected chi connectivity index (χ0v) is 8.97. The summed E-state index contributed by atoms with van der Waals surface area (Å²) >= 11 is 0. The lowest BCUT2D eigenvalue weighted by Gasteiger charge is -2.19. The Kier molecular flexibility index (Phi) is 2.72. The molecule has 0 bridgehead atoms. The lowest BCUT2D eigenvalue weighted by atomic mass is 10.2. The molecule has 1 saturated heterocycles. The van der Waals surface area contributed by atoms with Crippen LogP contribution in [0.2, 0.25) is 0 Å². The van der Waals surface area contributed by atoms with Crippen LogP contribution < -0.4 is 5.73 Å². The molecule has 0 unspecified atom stereocenters. The van der Waals surface area contributed by atoms with E-state index in [9.17, 15) is 0 Å². The Labute approximate surface area is 88.8 Å². The fraction of sp³-hybridized carbons (Fsp3) is 0.800. The Hall–Kier alpha value is -0.620. The first kappa shape index (κ1) is 10.9. The Morgan fingerprint density at radius 1 is 1.53 bits per heavy atom. The molecule has 0 spiro atoms. The molecule has 5 nitrogen and oxygen atoms in total. The molecule has 2 aliphatic rings. The van der Waals surface area contributed by atoms with Crippen molar-refractivity contribution < 1.29 is 19.3 Å². The lowest BCUT2D eigenvalue weighted by Crippen LogP contribution is -2.35. The fourth-order valence-electron chi connectivity index (χ4n) is 1.96. The van der Waals surface area contributed by atoms with E-state index in [2.05, 4.69) is 0 Å². The highest BCUT2D eigenvalue weighted by atomic mass is 16.8. The van der Waals surface area contributed by atoms with Gasteiger partial charge in [-0.1, -0.05) is 0 Å². The van der Waals surface area contributed by atoms with E-state index >= 15 is 0 Å². The first-order chi connectivity index (χ1) is 7.03. The molecule has 0 aromatic heterocycles. The third-order valence-corrected chi connectivity index (χ3v) is 2.51. The van der Waals surface area contributed by atoms with Crippen molar-refractivity contribution in [1.29, 1.82) is 0 Å². The average molecular weight is 215 g/mol. The van der Waals surface area contributed by atoms with Crippen LogP contribution in [0.3, 0.4) is 0 Å². The number of hydrogen-bond donors (Lipinski definition) is 2. The molecular weight excluding hydrogens is 198 g/mol. The molecule has 1 heterocycles. The van der Waals surface area contributed by atoms with E-state index in [1.165, 1.54) is 0 Å². The van der Waals surface area contributed by atoms with Crippen LogP contribution in [0.15, 0.2) is 11.8 Å². The fourth-order valence-corrected chi connectivity index (χ4v) is 1.96. The third-order valence-electron chi connectivity index (χ3n) is 2.51. The molecule has 86 valence electrons. The highest BCUT2D eigenvalue weighted by Gasteiger charge is 2.49. The van der Waals surface area contributed by atoms with Crippen molar-refractivity contribution in [3.8, 4) is 0 Å². The van der Waals surface area contributed by atoms with Crippen molar-refractivity contribution >= 4 is 0 Å². The predicted molar refractivity (Wildman–Crippen MR) is 52.9 cm³/mol. The van der Waals surface area contributed by atoms with E-state index in [1.54, 1.807) is 6.08 Å². The second-order valence-electron chi connectivity index (χ2n) is 4.24. The molecule has 3 atom stereocenters. The van der Waals surface area contributed by atoms with Gasteiger partial charge in [0.1, 0.15) is 24.6 Å². The maximum Gasteiger partial charge on any atom is 0.164 e. The molecule has 5 heteroatoms. The van der Waals surface area contributed by atoms with Crippen LogP contribution in [0.1, 0.15) is 13.8 Å². The topological polar surface area (TPSA) is 73.9 Å². The molecule has 1 aliphatic carbocycles. The molecule has 3 N–H and O–H groups in total. The van der Waals surface area contributed by atoms with Gasteiger partial charge in [0.25, 0.3) is 0 Å². The number of nitrogens with two attached hydrogens (primary N) is 1. The maximum atomic E-state index is 8.68. The number of aliphatic hydroxyl groups excluding tert-OH is 1. The molecule has 2 rings (SSSR count). The van der Waals surface area contributed by atoms with Gasteiger partial charge in [0, 0.05) is 0 Å². The molecule has 0 radical (unpaired) electrons. The van der Waals surface area contributed by atoms with Crippen LogP contribution in [0.25, 0.3) is 0 Å². The first-order valence-corrected chi connectivity index (χ1v) is 5.10. The van der Waals surface area contributed by atoms with Crippen LogP contribution in [-0.2, 0) is 14.2 Å². The van der Waals surface area contributed by atoms with Crippen LogP contribution >= 0.6 is 0 Å². The quantitative estimate of drug-likeness (QED) is 0.678. The maximum absolute atomic E-state index is 8.68. The van der Waals surface area contributed by atoms with Crippen molar-refractivity contribution in [1.82, 2.24) is 0 Å².